The standard InChI is InChI=1S/C7H12O3S/c1-6(8)10-7-3-2-4-11(9)5-7/h7H,2-5H2,1H3/t7-,11?/m0/s1. The molecule has 0 N–H and O–H groups in total. The zero-order chi connectivity index (χ0) is 8.27. The van der Waals surface area contributed by atoms with Crippen molar-refractivity contribution >= 4 is 16.8 Å². The maximum atomic E-state index is 11.0. The number of ether oxygens (including phenoxy) is 1. The summed E-state index contributed by atoms with van der Waals surface area (Å²) in [7, 11) is -0.764. The van der Waals surface area contributed by atoms with Crippen LogP contribution in [0.15, 0.2) is 0 Å². The summed E-state index contributed by atoms with van der Waals surface area (Å²) in [6.07, 6.45) is 1.68. The van der Waals surface area contributed by atoms with E-state index in [-0.39, 0.29) is 12.1 Å². The number of rotatable bonds is 1. The molecule has 0 saturated carbocycles. The van der Waals surface area contributed by atoms with Crippen LogP contribution < -0.4 is 0 Å². The molecule has 0 bridgehead atoms. The van der Waals surface area contributed by atoms with Crippen LogP contribution in [0.1, 0.15) is 19.8 Å². The first-order chi connectivity index (χ1) is 5.18. The van der Waals surface area contributed by atoms with Gasteiger partial charge in [0.2, 0.25) is 0 Å². The Balaban J connectivity index is 2.34. The minimum atomic E-state index is -0.764. The Hall–Kier alpha value is -0.380. The third-order valence-corrected chi connectivity index (χ3v) is 3.09. The van der Waals surface area contributed by atoms with Crippen molar-refractivity contribution in [3.05, 3.63) is 0 Å². The number of esters is 1. The van der Waals surface area contributed by atoms with E-state index in [9.17, 15) is 9.00 Å². The molecule has 11 heavy (non-hydrogen) atoms. The SMILES string of the molecule is CC(=O)O[C@H]1CCCS(=O)C1. The Morgan fingerprint density at radius 3 is 2.91 bits per heavy atom. The fraction of sp³-hybridized carbons (Fsp3) is 0.857. The van der Waals surface area contributed by atoms with E-state index in [1.807, 2.05) is 0 Å². The third-order valence-electron chi connectivity index (χ3n) is 1.60. The Kier molecular flexibility index (Phi) is 3.05. The zero-order valence-corrected chi connectivity index (χ0v) is 7.36. The largest absolute Gasteiger partial charge is 0.462 e. The molecule has 1 fully saturated rings. The first-order valence-corrected chi connectivity index (χ1v) is 5.19. The van der Waals surface area contributed by atoms with Crippen LogP contribution >= 0.6 is 0 Å². The molecular weight excluding hydrogens is 164 g/mol. The van der Waals surface area contributed by atoms with Crippen LogP contribution in [0.25, 0.3) is 0 Å². The molecule has 2 atom stereocenters. The van der Waals surface area contributed by atoms with Gasteiger partial charge in [0.1, 0.15) is 6.10 Å². The van der Waals surface area contributed by atoms with Crippen molar-refractivity contribution in [2.24, 2.45) is 0 Å². The van der Waals surface area contributed by atoms with E-state index in [2.05, 4.69) is 0 Å². The van der Waals surface area contributed by atoms with Crippen molar-refractivity contribution in [1.29, 1.82) is 0 Å². The second kappa shape index (κ2) is 3.85. The Morgan fingerprint density at radius 1 is 1.64 bits per heavy atom. The lowest BCUT2D eigenvalue weighted by Crippen LogP contribution is -2.28. The molecule has 0 aromatic carbocycles. The van der Waals surface area contributed by atoms with Crippen molar-refractivity contribution < 1.29 is 13.7 Å². The number of hydrogen-bond donors (Lipinski definition) is 0. The highest BCUT2D eigenvalue weighted by Crippen LogP contribution is 2.12. The molecule has 4 heteroatoms. The molecule has 0 aromatic heterocycles. The summed E-state index contributed by atoms with van der Waals surface area (Å²) in [4.78, 5) is 10.5. The van der Waals surface area contributed by atoms with Crippen molar-refractivity contribution in [3.8, 4) is 0 Å². The second-order valence-electron chi connectivity index (χ2n) is 2.68. The summed E-state index contributed by atoms with van der Waals surface area (Å²) < 4.78 is 15.9. The topological polar surface area (TPSA) is 43.4 Å². The minimum Gasteiger partial charge on any atom is -0.462 e. The monoisotopic (exact) mass is 176 g/mol. The maximum Gasteiger partial charge on any atom is 0.302 e. The molecule has 1 unspecified atom stereocenters. The summed E-state index contributed by atoms with van der Waals surface area (Å²) in [5.74, 6) is 1.02. The average molecular weight is 176 g/mol. The quantitative estimate of drug-likeness (QED) is 0.545. The van der Waals surface area contributed by atoms with Gasteiger partial charge >= 0.3 is 5.97 Å². The van der Waals surface area contributed by atoms with Crippen LogP contribution in [0, 0.1) is 0 Å². The molecule has 0 aromatic rings. The second-order valence-corrected chi connectivity index (χ2v) is 4.31. The highest BCUT2D eigenvalue weighted by molar-refractivity contribution is 7.85. The molecule has 0 aliphatic carbocycles. The van der Waals surface area contributed by atoms with Gasteiger partial charge in [-0.15, -0.1) is 0 Å². The lowest BCUT2D eigenvalue weighted by Gasteiger charge is -2.20. The summed E-state index contributed by atoms with van der Waals surface area (Å²) in [6.45, 7) is 1.39. The normalized spacial score (nSPS) is 31.4. The van der Waals surface area contributed by atoms with Gasteiger partial charge in [-0.05, 0) is 12.8 Å². The van der Waals surface area contributed by atoms with Gasteiger partial charge in [-0.3, -0.25) is 9.00 Å². The summed E-state index contributed by atoms with van der Waals surface area (Å²) in [6, 6.07) is 0. The van der Waals surface area contributed by atoms with E-state index in [4.69, 9.17) is 4.74 Å². The van der Waals surface area contributed by atoms with Gasteiger partial charge in [-0.1, -0.05) is 0 Å². The Labute approximate surface area is 68.6 Å². The van der Waals surface area contributed by atoms with Crippen molar-refractivity contribution in [3.63, 3.8) is 0 Å². The number of hydrogen-bond acceptors (Lipinski definition) is 3. The Bertz CT molecular complexity index is 177. The van der Waals surface area contributed by atoms with E-state index in [1.165, 1.54) is 6.92 Å². The molecule has 1 heterocycles. The van der Waals surface area contributed by atoms with Crippen molar-refractivity contribution in [1.82, 2.24) is 0 Å². The number of carbonyl (C=O) groups is 1. The van der Waals surface area contributed by atoms with E-state index >= 15 is 0 Å². The molecule has 64 valence electrons. The first-order valence-electron chi connectivity index (χ1n) is 3.70. The van der Waals surface area contributed by atoms with Gasteiger partial charge in [-0.25, -0.2) is 0 Å². The molecule has 1 aliphatic rings. The maximum absolute atomic E-state index is 11.0. The average Bonchev–Trinajstić information content (AvgIpc) is 1.85. The van der Waals surface area contributed by atoms with Crippen LogP contribution in [0.4, 0.5) is 0 Å². The third kappa shape index (κ3) is 3.01. The van der Waals surface area contributed by atoms with Gasteiger partial charge in [0.25, 0.3) is 0 Å². The van der Waals surface area contributed by atoms with Crippen LogP contribution in [0.3, 0.4) is 0 Å². The predicted octanol–water partition coefficient (Wildman–Crippen LogP) is 0.461. The Morgan fingerprint density at radius 2 is 2.36 bits per heavy atom. The van der Waals surface area contributed by atoms with Crippen molar-refractivity contribution in [2.75, 3.05) is 11.5 Å². The summed E-state index contributed by atoms with van der Waals surface area (Å²) >= 11 is 0. The molecular formula is C7H12O3S. The van der Waals surface area contributed by atoms with Crippen molar-refractivity contribution in [2.45, 2.75) is 25.9 Å². The fourth-order valence-corrected chi connectivity index (χ4v) is 2.48. The highest BCUT2D eigenvalue weighted by atomic mass is 32.2. The molecule has 0 spiro atoms. The number of carbonyl (C=O) groups excluding carboxylic acids is 1. The van der Waals surface area contributed by atoms with Crippen LogP contribution in [-0.2, 0) is 20.3 Å². The molecule has 0 amide bonds. The van der Waals surface area contributed by atoms with E-state index < -0.39 is 10.8 Å². The first kappa shape index (κ1) is 8.71. The van der Waals surface area contributed by atoms with E-state index in [0.29, 0.717) is 5.75 Å². The van der Waals surface area contributed by atoms with Crippen LogP contribution in [0.2, 0.25) is 0 Å². The fourth-order valence-electron chi connectivity index (χ4n) is 1.17. The van der Waals surface area contributed by atoms with Crippen LogP contribution in [0.5, 0.6) is 0 Å². The van der Waals surface area contributed by atoms with Gasteiger partial charge in [0, 0.05) is 23.5 Å². The van der Waals surface area contributed by atoms with Crippen LogP contribution in [-0.4, -0.2) is 27.8 Å². The molecule has 0 radical (unpaired) electrons. The lowest BCUT2D eigenvalue weighted by atomic mass is 10.2. The molecule has 3 nitrogen and oxygen atoms in total. The molecule has 1 aliphatic heterocycles. The lowest BCUT2D eigenvalue weighted by molar-refractivity contribution is -0.145. The minimum absolute atomic E-state index is 0.0953. The molecule has 1 saturated heterocycles. The highest BCUT2D eigenvalue weighted by Gasteiger charge is 2.20. The smallest absolute Gasteiger partial charge is 0.302 e. The van der Waals surface area contributed by atoms with Gasteiger partial charge in [0.05, 0.1) is 5.75 Å². The van der Waals surface area contributed by atoms with E-state index in [0.717, 1.165) is 18.6 Å². The molecule has 1 rings (SSSR count). The summed E-state index contributed by atoms with van der Waals surface area (Å²) in [5, 5.41) is 0. The van der Waals surface area contributed by atoms with Gasteiger partial charge in [0.15, 0.2) is 0 Å². The predicted molar refractivity (Wildman–Crippen MR) is 42.7 cm³/mol. The van der Waals surface area contributed by atoms with E-state index in [1.54, 1.807) is 0 Å². The summed E-state index contributed by atoms with van der Waals surface area (Å²) in [5.41, 5.74) is 0. The zero-order valence-electron chi connectivity index (χ0n) is 6.54. The van der Waals surface area contributed by atoms with Gasteiger partial charge in [-0.2, -0.15) is 0 Å². The van der Waals surface area contributed by atoms with Gasteiger partial charge < -0.3 is 4.74 Å².